The zero-order chi connectivity index (χ0) is 17.9. The van der Waals surface area contributed by atoms with E-state index in [4.69, 9.17) is 4.52 Å². The SMILES string of the molecule is CS(=O)(=O)C1(C(=O)NCc2cc(-c3ccccc3)no2)CCNCC1.Cl. The van der Waals surface area contributed by atoms with Gasteiger partial charge in [-0.2, -0.15) is 0 Å². The van der Waals surface area contributed by atoms with Crippen molar-refractivity contribution >= 4 is 28.2 Å². The van der Waals surface area contributed by atoms with Crippen LogP contribution >= 0.6 is 12.4 Å². The Morgan fingerprint density at radius 1 is 1.27 bits per heavy atom. The molecule has 1 aromatic carbocycles. The van der Waals surface area contributed by atoms with Gasteiger partial charge in [-0.1, -0.05) is 35.5 Å². The number of amides is 1. The van der Waals surface area contributed by atoms with Crippen molar-refractivity contribution in [3.8, 4) is 11.3 Å². The molecular weight excluding hydrogens is 378 g/mol. The summed E-state index contributed by atoms with van der Waals surface area (Å²) >= 11 is 0. The van der Waals surface area contributed by atoms with Crippen LogP contribution in [0.5, 0.6) is 0 Å². The summed E-state index contributed by atoms with van der Waals surface area (Å²) in [5.41, 5.74) is 1.58. The summed E-state index contributed by atoms with van der Waals surface area (Å²) in [5.74, 6) is -0.000973. The highest BCUT2D eigenvalue weighted by atomic mass is 35.5. The number of sulfone groups is 1. The highest BCUT2D eigenvalue weighted by molar-refractivity contribution is 7.92. The van der Waals surface area contributed by atoms with Gasteiger partial charge in [0.05, 0.1) is 6.54 Å². The Labute approximate surface area is 158 Å². The van der Waals surface area contributed by atoms with E-state index in [9.17, 15) is 13.2 Å². The molecule has 142 valence electrons. The first-order valence-electron chi connectivity index (χ1n) is 8.12. The van der Waals surface area contributed by atoms with Gasteiger partial charge in [0.2, 0.25) is 5.91 Å². The normalized spacial score (nSPS) is 16.5. The van der Waals surface area contributed by atoms with E-state index in [-0.39, 0.29) is 31.8 Å². The van der Waals surface area contributed by atoms with Crippen LogP contribution in [-0.2, 0) is 21.2 Å². The molecule has 3 rings (SSSR count). The third kappa shape index (κ3) is 4.08. The summed E-state index contributed by atoms with van der Waals surface area (Å²) in [5, 5.41) is 9.78. The highest BCUT2D eigenvalue weighted by Gasteiger charge is 2.48. The molecule has 1 amide bonds. The number of benzene rings is 1. The number of nitrogens with zero attached hydrogens (tertiary/aromatic N) is 1. The molecule has 1 aliphatic rings. The predicted molar refractivity (Wildman–Crippen MR) is 101 cm³/mol. The third-order valence-corrected chi connectivity index (χ3v) is 6.60. The molecule has 0 unspecified atom stereocenters. The Kier molecular flexibility index (Phi) is 6.44. The molecule has 26 heavy (non-hydrogen) atoms. The Hall–Kier alpha value is -1.90. The average Bonchev–Trinajstić information content (AvgIpc) is 3.09. The molecule has 2 aromatic rings. The average molecular weight is 400 g/mol. The summed E-state index contributed by atoms with van der Waals surface area (Å²) in [6.07, 6.45) is 1.66. The first-order chi connectivity index (χ1) is 11.9. The molecule has 0 atom stereocenters. The van der Waals surface area contributed by atoms with Crippen LogP contribution in [0.1, 0.15) is 18.6 Å². The molecule has 1 aliphatic heterocycles. The minimum atomic E-state index is -3.53. The summed E-state index contributed by atoms with van der Waals surface area (Å²) in [7, 11) is -3.53. The van der Waals surface area contributed by atoms with Crippen LogP contribution in [0.15, 0.2) is 40.9 Å². The molecule has 0 saturated carbocycles. The zero-order valence-corrected chi connectivity index (χ0v) is 16.0. The number of carbonyl (C=O) groups is 1. The Morgan fingerprint density at radius 3 is 2.54 bits per heavy atom. The Bertz CT molecular complexity index is 846. The van der Waals surface area contributed by atoms with Crippen LogP contribution in [0.25, 0.3) is 11.3 Å². The van der Waals surface area contributed by atoms with Crippen molar-refractivity contribution in [1.29, 1.82) is 0 Å². The van der Waals surface area contributed by atoms with Gasteiger partial charge in [0.25, 0.3) is 0 Å². The molecule has 2 N–H and O–H groups in total. The largest absolute Gasteiger partial charge is 0.359 e. The van der Waals surface area contributed by atoms with Gasteiger partial charge in [-0.05, 0) is 25.9 Å². The monoisotopic (exact) mass is 399 g/mol. The van der Waals surface area contributed by atoms with Crippen molar-refractivity contribution in [2.75, 3.05) is 19.3 Å². The van der Waals surface area contributed by atoms with E-state index in [1.165, 1.54) is 0 Å². The van der Waals surface area contributed by atoms with Crippen LogP contribution in [-0.4, -0.2) is 43.6 Å². The number of piperidine rings is 1. The maximum atomic E-state index is 12.6. The molecule has 2 heterocycles. The molecule has 1 saturated heterocycles. The Morgan fingerprint density at radius 2 is 1.92 bits per heavy atom. The molecule has 1 aromatic heterocycles. The molecule has 1 fully saturated rings. The highest BCUT2D eigenvalue weighted by Crippen LogP contribution is 2.28. The smallest absolute Gasteiger partial charge is 0.241 e. The number of nitrogens with one attached hydrogen (secondary N) is 2. The second kappa shape index (κ2) is 8.20. The fourth-order valence-corrected chi connectivity index (χ4v) is 4.42. The molecule has 0 bridgehead atoms. The van der Waals surface area contributed by atoms with E-state index < -0.39 is 20.5 Å². The second-order valence-corrected chi connectivity index (χ2v) is 8.57. The van der Waals surface area contributed by atoms with E-state index in [1.54, 1.807) is 6.07 Å². The van der Waals surface area contributed by atoms with Crippen LogP contribution in [0.3, 0.4) is 0 Å². The van der Waals surface area contributed by atoms with Crippen molar-refractivity contribution in [2.45, 2.75) is 24.1 Å². The summed E-state index contributed by atoms with van der Waals surface area (Å²) in [4.78, 5) is 12.6. The van der Waals surface area contributed by atoms with Crippen LogP contribution in [0.2, 0.25) is 0 Å². The van der Waals surface area contributed by atoms with Gasteiger partial charge < -0.3 is 15.2 Å². The molecule has 0 spiro atoms. The Balaban J connectivity index is 0.00000243. The lowest BCUT2D eigenvalue weighted by molar-refractivity contribution is -0.124. The van der Waals surface area contributed by atoms with E-state index in [0.717, 1.165) is 11.8 Å². The topological polar surface area (TPSA) is 101 Å². The number of halogens is 1. The minimum Gasteiger partial charge on any atom is -0.359 e. The molecule has 9 heteroatoms. The summed E-state index contributed by atoms with van der Waals surface area (Å²) in [6, 6.07) is 11.3. The lowest BCUT2D eigenvalue weighted by Crippen LogP contribution is -2.57. The quantitative estimate of drug-likeness (QED) is 0.790. The number of carbonyl (C=O) groups excluding carboxylic acids is 1. The van der Waals surface area contributed by atoms with Crippen molar-refractivity contribution < 1.29 is 17.7 Å². The molecule has 7 nitrogen and oxygen atoms in total. The first kappa shape index (κ1) is 20.4. The predicted octanol–water partition coefficient (Wildman–Crippen LogP) is 1.55. The maximum Gasteiger partial charge on any atom is 0.241 e. The van der Waals surface area contributed by atoms with Crippen LogP contribution in [0, 0.1) is 0 Å². The van der Waals surface area contributed by atoms with Crippen molar-refractivity contribution in [3.63, 3.8) is 0 Å². The van der Waals surface area contributed by atoms with Gasteiger partial charge in [0.15, 0.2) is 20.3 Å². The molecule has 0 aliphatic carbocycles. The number of hydrogen-bond donors (Lipinski definition) is 2. The fourth-order valence-electron chi connectivity index (χ4n) is 3.07. The number of hydrogen-bond acceptors (Lipinski definition) is 6. The molecule has 0 radical (unpaired) electrons. The van der Waals surface area contributed by atoms with E-state index >= 15 is 0 Å². The maximum absolute atomic E-state index is 12.6. The van der Waals surface area contributed by atoms with Crippen LogP contribution in [0.4, 0.5) is 0 Å². The van der Waals surface area contributed by atoms with E-state index in [1.807, 2.05) is 30.3 Å². The van der Waals surface area contributed by atoms with Gasteiger partial charge in [-0.25, -0.2) is 8.42 Å². The minimum absolute atomic E-state index is 0. The molecular formula is C17H22ClN3O4S. The van der Waals surface area contributed by atoms with Gasteiger partial charge in [-0.15, -0.1) is 12.4 Å². The lowest BCUT2D eigenvalue weighted by Gasteiger charge is -2.34. The number of aromatic nitrogens is 1. The summed E-state index contributed by atoms with van der Waals surface area (Å²) < 4.78 is 28.3. The summed E-state index contributed by atoms with van der Waals surface area (Å²) in [6.45, 7) is 1.10. The van der Waals surface area contributed by atoms with Gasteiger partial charge in [-0.3, -0.25) is 4.79 Å². The van der Waals surface area contributed by atoms with Gasteiger partial charge in [0, 0.05) is 17.9 Å². The van der Waals surface area contributed by atoms with E-state index in [0.29, 0.717) is 24.5 Å². The van der Waals surface area contributed by atoms with Gasteiger partial charge >= 0.3 is 0 Å². The second-order valence-electron chi connectivity index (χ2n) is 6.24. The van der Waals surface area contributed by atoms with Crippen molar-refractivity contribution in [1.82, 2.24) is 15.8 Å². The third-order valence-electron chi connectivity index (χ3n) is 4.59. The zero-order valence-electron chi connectivity index (χ0n) is 14.4. The number of rotatable bonds is 5. The van der Waals surface area contributed by atoms with Crippen LogP contribution < -0.4 is 10.6 Å². The van der Waals surface area contributed by atoms with Crippen molar-refractivity contribution in [3.05, 3.63) is 42.2 Å². The van der Waals surface area contributed by atoms with Crippen molar-refractivity contribution in [2.24, 2.45) is 0 Å². The fraction of sp³-hybridized carbons (Fsp3) is 0.412. The lowest BCUT2D eigenvalue weighted by atomic mass is 9.96. The standard InChI is InChI=1S/C17H21N3O4S.ClH/c1-25(22,23)17(7-9-18-10-8-17)16(21)19-12-14-11-15(20-24-14)13-5-3-2-4-6-13;/h2-6,11,18H,7-10,12H2,1H3,(H,19,21);1H. The first-order valence-corrected chi connectivity index (χ1v) is 10.0. The van der Waals surface area contributed by atoms with Gasteiger partial charge in [0.1, 0.15) is 5.69 Å². The van der Waals surface area contributed by atoms with E-state index in [2.05, 4.69) is 15.8 Å².